The second-order valence-electron chi connectivity index (χ2n) is 4.00. The zero-order valence-electron chi connectivity index (χ0n) is 10.7. The summed E-state index contributed by atoms with van der Waals surface area (Å²) in [6.45, 7) is 0. The lowest BCUT2D eigenvalue weighted by Crippen LogP contribution is -2.24. The van der Waals surface area contributed by atoms with E-state index in [0.717, 1.165) is 6.07 Å². The molecule has 0 saturated carbocycles. The van der Waals surface area contributed by atoms with Crippen LogP contribution >= 0.6 is 12.4 Å². The molecule has 0 radical (unpaired) electrons. The molecule has 0 aliphatic heterocycles. The Labute approximate surface area is 119 Å². The van der Waals surface area contributed by atoms with E-state index in [1.54, 1.807) is 14.1 Å². The van der Waals surface area contributed by atoms with E-state index in [1.807, 2.05) is 0 Å². The molecule has 0 bridgehead atoms. The third-order valence-electron chi connectivity index (χ3n) is 2.24. The molecule has 0 aliphatic rings. The van der Waals surface area contributed by atoms with Gasteiger partial charge in [-0.05, 0) is 18.2 Å². The van der Waals surface area contributed by atoms with Crippen LogP contribution in [0, 0.1) is 0 Å². The van der Waals surface area contributed by atoms with Gasteiger partial charge < -0.3 is 16.4 Å². The predicted molar refractivity (Wildman–Crippen MR) is 73.2 cm³/mol. The Morgan fingerprint density at radius 1 is 1.20 bits per heavy atom. The summed E-state index contributed by atoms with van der Waals surface area (Å²) in [4.78, 5) is 16.2. The van der Waals surface area contributed by atoms with Gasteiger partial charge >= 0.3 is 6.18 Å². The summed E-state index contributed by atoms with van der Waals surface area (Å²) in [5, 5.41) is 0. The Morgan fingerprint density at radius 2 is 1.75 bits per heavy atom. The number of nitrogens with two attached hydrogens (primary N) is 2. The van der Waals surface area contributed by atoms with Crippen LogP contribution in [-0.2, 0) is 6.18 Å². The normalized spacial score (nSPS) is 10.4. The molecule has 1 aromatic rings. The molecule has 0 atom stereocenters. The maximum atomic E-state index is 12.7. The SMILES string of the molecule is CN(C)c1cc(C(=O)N=C(N)N)cc(C(F)(F)F)c1.Cl. The summed E-state index contributed by atoms with van der Waals surface area (Å²) in [5.41, 5.74) is 9.11. The van der Waals surface area contributed by atoms with Gasteiger partial charge in [-0.25, -0.2) is 0 Å². The first-order valence-corrected chi connectivity index (χ1v) is 5.15. The van der Waals surface area contributed by atoms with Crippen molar-refractivity contribution in [3.63, 3.8) is 0 Å². The first-order valence-electron chi connectivity index (χ1n) is 5.15. The van der Waals surface area contributed by atoms with E-state index in [4.69, 9.17) is 11.5 Å². The number of hydrogen-bond donors (Lipinski definition) is 2. The fraction of sp³-hybridized carbons (Fsp3) is 0.273. The smallest absolute Gasteiger partial charge is 0.378 e. The number of carbonyl (C=O) groups excluding carboxylic acids is 1. The number of halogens is 4. The number of carbonyl (C=O) groups is 1. The average Bonchev–Trinajstić information content (AvgIpc) is 2.26. The summed E-state index contributed by atoms with van der Waals surface area (Å²) in [6.07, 6.45) is -4.56. The molecule has 1 amide bonds. The van der Waals surface area contributed by atoms with Gasteiger partial charge in [-0.15, -0.1) is 12.4 Å². The number of amides is 1. The van der Waals surface area contributed by atoms with E-state index < -0.39 is 23.6 Å². The van der Waals surface area contributed by atoms with Gasteiger partial charge in [-0.3, -0.25) is 4.79 Å². The zero-order valence-corrected chi connectivity index (χ0v) is 11.5. The highest BCUT2D eigenvalue weighted by Crippen LogP contribution is 2.32. The van der Waals surface area contributed by atoms with Crippen molar-refractivity contribution in [3.05, 3.63) is 29.3 Å². The standard InChI is InChI=1S/C11H13F3N4O.ClH/c1-18(2)8-4-6(9(19)17-10(15)16)3-7(5-8)11(12,13)14;/h3-5H,1-2H3,(H4,15,16,17,19);1H. The van der Waals surface area contributed by atoms with Gasteiger partial charge in [0.1, 0.15) is 0 Å². The summed E-state index contributed by atoms with van der Waals surface area (Å²) >= 11 is 0. The summed E-state index contributed by atoms with van der Waals surface area (Å²) in [7, 11) is 3.12. The number of alkyl halides is 3. The topological polar surface area (TPSA) is 84.7 Å². The van der Waals surface area contributed by atoms with Crippen molar-refractivity contribution in [1.29, 1.82) is 0 Å². The third-order valence-corrected chi connectivity index (χ3v) is 2.24. The van der Waals surface area contributed by atoms with Crippen LogP contribution in [0.25, 0.3) is 0 Å². The van der Waals surface area contributed by atoms with Gasteiger partial charge in [0.05, 0.1) is 5.56 Å². The minimum atomic E-state index is -4.56. The Morgan fingerprint density at radius 3 is 2.15 bits per heavy atom. The highest BCUT2D eigenvalue weighted by molar-refractivity contribution is 6.02. The van der Waals surface area contributed by atoms with E-state index >= 15 is 0 Å². The van der Waals surface area contributed by atoms with Crippen LogP contribution in [-0.4, -0.2) is 26.0 Å². The van der Waals surface area contributed by atoms with Crippen LogP contribution < -0.4 is 16.4 Å². The lowest BCUT2D eigenvalue weighted by Gasteiger charge is -2.16. The molecule has 0 unspecified atom stereocenters. The van der Waals surface area contributed by atoms with E-state index in [2.05, 4.69) is 4.99 Å². The third kappa shape index (κ3) is 4.61. The van der Waals surface area contributed by atoms with Gasteiger partial charge in [0.2, 0.25) is 0 Å². The lowest BCUT2D eigenvalue weighted by molar-refractivity contribution is -0.137. The van der Waals surface area contributed by atoms with Crippen LogP contribution in [0.4, 0.5) is 18.9 Å². The largest absolute Gasteiger partial charge is 0.416 e. The number of anilines is 1. The van der Waals surface area contributed by atoms with E-state index in [1.165, 1.54) is 11.0 Å². The highest BCUT2D eigenvalue weighted by Gasteiger charge is 2.32. The number of nitrogens with zero attached hydrogens (tertiary/aromatic N) is 2. The van der Waals surface area contributed by atoms with Gasteiger partial charge in [-0.2, -0.15) is 18.2 Å². The molecule has 1 aromatic carbocycles. The molecule has 5 nitrogen and oxygen atoms in total. The molecule has 0 spiro atoms. The monoisotopic (exact) mass is 310 g/mol. The van der Waals surface area contributed by atoms with Crippen molar-refractivity contribution < 1.29 is 18.0 Å². The molecule has 20 heavy (non-hydrogen) atoms. The Balaban J connectivity index is 0.00000361. The van der Waals surface area contributed by atoms with Gasteiger partial charge in [-0.1, -0.05) is 0 Å². The quantitative estimate of drug-likeness (QED) is 0.642. The van der Waals surface area contributed by atoms with E-state index in [9.17, 15) is 18.0 Å². The van der Waals surface area contributed by atoms with Crippen molar-refractivity contribution in [2.75, 3.05) is 19.0 Å². The minimum Gasteiger partial charge on any atom is -0.378 e. The molecular weight excluding hydrogens is 297 g/mol. The average molecular weight is 311 g/mol. The van der Waals surface area contributed by atoms with Crippen LogP contribution in [0.3, 0.4) is 0 Å². The summed E-state index contributed by atoms with van der Waals surface area (Å²) in [5.74, 6) is -1.43. The maximum absolute atomic E-state index is 12.7. The first kappa shape index (κ1) is 18.0. The van der Waals surface area contributed by atoms with Crippen molar-refractivity contribution in [2.45, 2.75) is 6.18 Å². The maximum Gasteiger partial charge on any atom is 0.416 e. The second-order valence-corrected chi connectivity index (χ2v) is 4.00. The molecule has 0 saturated heterocycles. The predicted octanol–water partition coefficient (Wildman–Crippen LogP) is 1.61. The van der Waals surface area contributed by atoms with E-state index in [-0.39, 0.29) is 23.7 Å². The number of hydrogen-bond acceptors (Lipinski definition) is 2. The summed E-state index contributed by atoms with van der Waals surface area (Å²) < 4.78 is 38.2. The van der Waals surface area contributed by atoms with Crippen molar-refractivity contribution >= 4 is 30.0 Å². The van der Waals surface area contributed by atoms with Crippen molar-refractivity contribution in [2.24, 2.45) is 16.5 Å². The number of rotatable bonds is 2. The second kappa shape index (κ2) is 6.47. The lowest BCUT2D eigenvalue weighted by atomic mass is 10.1. The van der Waals surface area contributed by atoms with Crippen LogP contribution in [0.2, 0.25) is 0 Å². The number of guanidine groups is 1. The fourth-order valence-corrected chi connectivity index (χ4v) is 1.34. The zero-order chi connectivity index (χ0) is 14.8. The molecule has 0 fully saturated rings. The number of benzene rings is 1. The van der Waals surface area contributed by atoms with Crippen LogP contribution in [0.5, 0.6) is 0 Å². The van der Waals surface area contributed by atoms with Crippen molar-refractivity contribution in [3.8, 4) is 0 Å². The first-order chi connectivity index (χ1) is 8.61. The molecule has 0 aliphatic carbocycles. The fourth-order valence-electron chi connectivity index (χ4n) is 1.34. The molecule has 0 heterocycles. The molecule has 4 N–H and O–H groups in total. The molecule has 1 rings (SSSR count). The highest BCUT2D eigenvalue weighted by atomic mass is 35.5. The van der Waals surface area contributed by atoms with Gasteiger partial charge in [0, 0.05) is 25.3 Å². The Hall–Kier alpha value is -1.96. The van der Waals surface area contributed by atoms with Crippen LogP contribution in [0.15, 0.2) is 23.2 Å². The molecule has 9 heteroatoms. The molecule has 0 aromatic heterocycles. The number of aliphatic imine (C=N–C) groups is 1. The molecular formula is C11H14ClF3N4O. The van der Waals surface area contributed by atoms with Crippen LogP contribution in [0.1, 0.15) is 15.9 Å². The van der Waals surface area contributed by atoms with E-state index in [0.29, 0.717) is 6.07 Å². The molecule has 112 valence electrons. The van der Waals surface area contributed by atoms with Gasteiger partial charge in [0.25, 0.3) is 5.91 Å². The van der Waals surface area contributed by atoms with Crippen molar-refractivity contribution in [1.82, 2.24) is 0 Å². The Kier molecular flexibility index (Phi) is 5.83. The summed E-state index contributed by atoms with van der Waals surface area (Å²) in [6, 6.07) is 2.93. The Bertz CT molecular complexity index is 525. The minimum absolute atomic E-state index is 0. The van der Waals surface area contributed by atoms with Gasteiger partial charge in [0.15, 0.2) is 5.96 Å².